The van der Waals surface area contributed by atoms with Crippen LogP contribution < -0.4 is 5.32 Å². The lowest BCUT2D eigenvalue weighted by Crippen LogP contribution is -2.57. The maximum atomic E-state index is 11.8. The summed E-state index contributed by atoms with van der Waals surface area (Å²) in [7, 11) is 0. The van der Waals surface area contributed by atoms with Gasteiger partial charge >= 0.3 is 6.09 Å². The van der Waals surface area contributed by atoms with E-state index in [0.29, 0.717) is 23.8 Å². The van der Waals surface area contributed by atoms with Crippen LogP contribution in [0.2, 0.25) is 5.02 Å². The van der Waals surface area contributed by atoms with Gasteiger partial charge in [0.25, 0.3) is 0 Å². The zero-order chi connectivity index (χ0) is 14.9. The van der Waals surface area contributed by atoms with Crippen molar-refractivity contribution in [1.29, 1.82) is 0 Å². The van der Waals surface area contributed by atoms with Crippen molar-refractivity contribution in [2.45, 2.75) is 32.4 Å². The van der Waals surface area contributed by atoms with Gasteiger partial charge in [0.05, 0.1) is 11.7 Å². The highest BCUT2D eigenvalue weighted by molar-refractivity contribution is 6.30. The second-order valence-electron chi connectivity index (χ2n) is 5.89. The summed E-state index contributed by atoms with van der Waals surface area (Å²) in [5, 5.41) is 13.4. The van der Waals surface area contributed by atoms with E-state index >= 15 is 0 Å². The molecule has 0 aromatic heterocycles. The summed E-state index contributed by atoms with van der Waals surface area (Å²) in [4.78, 5) is 13.4. The van der Waals surface area contributed by atoms with Crippen LogP contribution in [0.15, 0.2) is 18.2 Å². The largest absolute Gasteiger partial charge is 0.506 e. The summed E-state index contributed by atoms with van der Waals surface area (Å²) >= 11 is 5.77. The van der Waals surface area contributed by atoms with Gasteiger partial charge in [-0.25, -0.2) is 4.79 Å². The number of rotatable bonds is 2. The Morgan fingerprint density at radius 3 is 2.65 bits per heavy atom. The molecular weight excluding hydrogens is 280 g/mol. The second-order valence-corrected chi connectivity index (χ2v) is 6.32. The molecule has 1 aromatic carbocycles. The predicted molar refractivity (Wildman–Crippen MR) is 78.3 cm³/mol. The van der Waals surface area contributed by atoms with Crippen LogP contribution in [0, 0.1) is 0 Å². The van der Waals surface area contributed by atoms with E-state index in [4.69, 9.17) is 16.3 Å². The molecule has 1 aliphatic heterocycles. The van der Waals surface area contributed by atoms with Crippen molar-refractivity contribution < 1.29 is 14.6 Å². The first-order chi connectivity index (χ1) is 9.24. The van der Waals surface area contributed by atoms with Crippen LogP contribution in [0.25, 0.3) is 0 Å². The number of carbonyl (C=O) groups excluding carboxylic acids is 1. The average Bonchev–Trinajstić information content (AvgIpc) is 2.22. The van der Waals surface area contributed by atoms with Gasteiger partial charge in [-0.15, -0.1) is 0 Å². The summed E-state index contributed by atoms with van der Waals surface area (Å²) in [5.41, 5.74) is 0.132. The lowest BCUT2D eigenvalue weighted by atomic mass is 10.1. The predicted octanol–water partition coefficient (Wildman–Crippen LogP) is 3.08. The third-order valence-electron chi connectivity index (χ3n) is 2.85. The Morgan fingerprint density at radius 1 is 1.45 bits per heavy atom. The Hall–Kier alpha value is -1.62. The smallest absolute Gasteiger partial charge is 0.410 e. The van der Waals surface area contributed by atoms with Gasteiger partial charge in [0.1, 0.15) is 11.4 Å². The third kappa shape index (κ3) is 3.70. The standard InChI is InChI=1S/C14H19ClN2O3/c1-14(2,3)20-13(19)17-7-10(8-17)16-11-5-4-9(15)6-12(11)18/h4-6,10,16,18H,7-8H2,1-3H3. The van der Waals surface area contributed by atoms with Gasteiger partial charge in [0, 0.05) is 24.2 Å². The van der Waals surface area contributed by atoms with Gasteiger partial charge in [-0.05, 0) is 32.9 Å². The van der Waals surface area contributed by atoms with Gasteiger partial charge in [-0.2, -0.15) is 0 Å². The molecule has 2 rings (SSSR count). The first kappa shape index (κ1) is 14.8. The van der Waals surface area contributed by atoms with Crippen molar-refractivity contribution in [1.82, 2.24) is 4.90 Å². The summed E-state index contributed by atoms with van der Waals surface area (Å²) in [6.45, 7) is 6.62. The average molecular weight is 299 g/mol. The molecule has 5 nitrogen and oxygen atoms in total. The van der Waals surface area contributed by atoms with E-state index in [9.17, 15) is 9.90 Å². The van der Waals surface area contributed by atoms with Gasteiger partial charge in [-0.1, -0.05) is 11.6 Å². The van der Waals surface area contributed by atoms with E-state index in [1.54, 1.807) is 17.0 Å². The van der Waals surface area contributed by atoms with E-state index in [2.05, 4.69) is 5.32 Å². The number of hydrogen-bond donors (Lipinski definition) is 2. The van der Waals surface area contributed by atoms with Crippen LogP contribution in [-0.2, 0) is 4.74 Å². The zero-order valence-corrected chi connectivity index (χ0v) is 12.6. The number of nitrogens with one attached hydrogen (secondary N) is 1. The van der Waals surface area contributed by atoms with E-state index in [-0.39, 0.29) is 17.9 Å². The molecular formula is C14H19ClN2O3. The minimum absolute atomic E-state index is 0.105. The number of hydrogen-bond acceptors (Lipinski definition) is 4. The number of halogens is 1. The molecule has 1 fully saturated rings. The van der Waals surface area contributed by atoms with Crippen molar-refractivity contribution in [3.63, 3.8) is 0 Å². The number of likely N-dealkylation sites (tertiary alicyclic amines) is 1. The molecule has 0 bridgehead atoms. The highest BCUT2D eigenvalue weighted by atomic mass is 35.5. The van der Waals surface area contributed by atoms with Crippen molar-refractivity contribution in [3.05, 3.63) is 23.2 Å². The molecule has 1 amide bonds. The Bertz CT molecular complexity index is 508. The van der Waals surface area contributed by atoms with Crippen LogP contribution in [-0.4, -0.2) is 40.8 Å². The molecule has 0 spiro atoms. The molecule has 0 aliphatic carbocycles. The van der Waals surface area contributed by atoms with Crippen LogP contribution in [0.5, 0.6) is 5.75 Å². The van der Waals surface area contributed by atoms with Crippen LogP contribution in [0.3, 0.4) is 0 Å². The zero-order valence-electron chi connectivity index (χ0n) is 11.8. The fourth-order valence-electron chi connectivity index (χ4n) is 1.89. The Labute approximate surface area is 123 Å². The number of amides is 1. The van der Waals surface area contributed by atoms with Crippen LogP contribution in [0.1, 0.15) is 20.8 Å². The van der Waals surface area contributed by atoms with Gasteiger partial charge < -0.3 is 20.1 Å². The quantitative estimate of drug-likeness (QED) is 0.824. The molecule has 0 saturated carbocycles. The number of benzene rings is 1. The Morgan fingerprint density at radius 2 is 2.10 bits per heavy atom. The second kappa shape index (κ2) is 5.40. The number of phenolic OH excluding ortho intramolecular Hbond substituents is 1. The van der Waals surface area contributed by atoms with Gasteiger partial charge in [0.2, 0.25) is 0 Å². The van der Waals surface area contributed by atoms with Gasteiger partial charge in [0.15, 0.2) is 0 Å². The minimum atomic E-state index is -0.482. The lowest BCUT2D eigenvalue weighted by Gasteiger charge is -2.40. The molecule has 2 N–H and O–H groups in total. The summed E-state index contributed by atoms with van der Waals surface area (Å²) in [6.07, 6.45) is -0.309. The van der Waals surface area contributed by atoms with Crippen LogP contribution >= 0.6 is 11.6 Å². The van der Waals surface area contributed by atoms with Crippen molar-refractivity contribution >= 4 is 23.4 Å². The Kier molecular flexibility index (Phi) is 3.99. The monoisotopic (exact) mass is 298 g/mol. The molecule has 1 saturated heterocycles. The van der Waals surface area contributed by atoms with E-state index in [1.807, 2.05) is 20.8 Å². The number of nitrogens with zero attached hydrogens (tertiary/aromatic N) is 1. The van der Waals surface area contributed by atoms with Crippen molar-refractivity contribution in [2.75, 3.05) is 18.4 Å². The number of carbonyl (C=O) groups is 1. The molecule has 0 radical (unpaired) electrons. The van der Waals surface area contributed by atoms with Gasteiger partial charge in [-0.3, -0.25) is 0 Å². The molecule has 1 aromatic rings. The highest BCUT2D eigenvalue weighted by Gasteiger charge is 2.33. The lowest BCUT2D eigenvalue weighted by molar-refractivity contribution is 0.0105. The number of anilines is 1. The van der Waals surface area contributed by atoms with E-state index in [0.717, 1.165) is 0 Å². The van der Waals surface area contributed by atoms with Crippen molar-refractivity contribution in [3.8, 4) is 5.75 Å². The summed E-state index contributed by atoms with van der Waals surface area (Å²) < 4.78 is 5.27. The number of ether oxygens (including phenoxy) is 1. The first-order valence-electron chi connectivity index (χ1n) is 6.47. The molecule has 0 atom stereocenters. The summed E-state index contributed by atoms with van der Waals surface area (Å²) in [5.74, 6) is 0.105. The van der Waals surface area contributed by atoms with E-state index < -0.39 is 5.60 Å². The molecule has 6 heteroatoms. The molecule has 1 aliphatic rings. The maximum Gasteiger partial charge on any atom is 0.410 e. The molecule has 20 heavy (non-hydrogen) atoms. The summed E-state index contributed by atoms with van der Waals surface area (Å²) in [6, 6.07) is 5.00. The Balaban J connectivity index is 1.83. The number of aromatic hydroxyl groups is 1. The maximum absolute atomic E-state index is 11.8. The number of phenols is 1. The normalized spacial score (nSPS) is 15.7. The fraction of sp³-hybridized carbons (Fsp3) is 0.500. The molecule has 0 unspecified atom stereocenters. The van der Waals surface area contributed by atoms with E-state index in [1.165, 1.54) is 6.07 Å². The van der Waals surface area contributed by atoms with Crippen LogP contribution in [0.4, 0.5) is 10.5 Å². The fourth-order valence-corrected chi connectivity index (χ4v) is 2.06. The highest BCUT2D eigenvalue weighted by Crippen LogP contribution is 2.28. The van der Waals surface area contributed by atoms with Crippen molar-refractivity contribution in [2.24, 2.45) is 0 Å². The topological polar surface area (TPSA) is 61.8 Å². The third-order valence-corrected chi connectivity index (χ3v) is 3.09. The SMILES string of the molecule is CC(C)(C)OC(=O)N1CC(Nc2ccc(Cl)cc2O)C1. The molecule has 1 heterocycles. The molecule has 110 valence electrons. The first-order valence-corrected chi connectivity index (χ1v) is 6.85. The minimum Gasteiger partial charge on any atom is -0.506 e.